The number of rotatable bonds is 5. The van der Waals surface area contributed by atoms with Gasteiger partial charge in [-0.1, -0.05) is 32.8 Å². The number of nitrogens with zero attached hydrogens (tertiary/aromatic N) is 1. The van der Waals surface area contributed by atoms with Gasteiger partial charge in [0.25, 0.3) is 0 Å². The molecule has 0 aromatic heterocycles. The zero-order chi connectivity index (χ0) is 8.53. The molecule has 0 amide bonds. The second kappa shape index (κ2) is 7.34. The van der Waals surface area contributed by atoms with Crippen molar-refractivity contribution >= 4 is 0 Å². The van der Waals surface area contributed by atoms with Crippen molar-refractivity contribution in [3.05, 3.63) is 12.2 Å². The number of hydrogen-bond donors (Lipinski definition) is 0. The fourth-order valence-electron chi connectivity index (χ4n) is 1.08. The average molecular weight is 151 g/mol. The predicted octanol–water partition coefficient (Wildman–Crippen LogP) is 3.28. The van der Waals surface area contributed by atoms with Crippen molar-refractivity contribution in [3.8, 4) is 6.07 Å². The summed E-state index contributed by atoms with van der Waals surface area (Å²) in [7, 11) is 0. The van der Waals surface area contributed by atoms with E-state index in [0.717, 1.165) is 6.42 Å². The Kier molecular flexibility index (Phi) is 6.82. The molecular weight excluding hydrogens is 134 g/mol. The standard InChI is InChI=1S/C10H17N/c1-3-5-7-10(4-2)8-6-9-11/h6,8,10H,3-5,7H2,1-2H3. The molecule has 0 fully saturated rings. The Balaban J connectivity index is 3.59. The maximum Gasteiger partial charge on any atom is 0.0908 e. The fourth-order valence-corrected chi connectivity index (χ4v) is 1.08. The van der Waals surface area contributed by atoms with Crippen LogP contribution in [0.3, 0.4) is 0 Å². The van der Waals surface area contributed by atoms with E-state index < -0.39 is 0 Å². The smallest absolute Gasteiger partial charge is 0.0908 e. The van der Waals surface area contributed by atoms with E-state index in [4.69, 9.17) is 5.26 Å². The lowest BCUT2D eigenvalue weighted by molar-refractivity contribution is 0.540. The van der Waals surface area contributed by atoms with Crippen LogP contribution < -0.4 is 0 Å². The summed E-state index contributed by atoms with van der Waals surface area (Å²) in [4.78, 5) is 0. The zero-order valence-electron chi connectivity index (χ0n) is 7.51. The van der Waals surface area contributed by atoms with Crippen molar-refractivity contribution in [2.45, 2.75) is 39.5 Å². The maximum absolute atomic E-state index is 8.30. The van der Waals surface area contributed by atoms with Crippen LogP contribution in [0.5, 0.6) is 0 Å². The van der Waals surface area contributed by atoms with Gasteiger partial charge in [0, 0.05) is 6.08 Å². The van der Waals surface area contributed by atoms with Gasteiger partial charge in [-0.3, -0.25) is 0 Å². The van der Waals surface area contributed by atoms with Gasteiger partial charge in [0.05, 0.1) is 6.07 Å². The molecule has 0 bridgehead atoms. The van der Waals surface area contributed by atoms with Gasteiger partial charge < -0.3 is 0 Å². The minimum absolute atomic E-state index is 0.620. The number of hydrogen-bond acceptors (Lipinski definition) is 1. The number of unbranched alkanes of at least 4 members (excludes halogenated alkanes) is 1. The molecular formula is C10H17N. The van der Waals surface area contributed by atoms with Crippen molar-refractivity contribution in [2.24, 2.45) is 5.92 Å². The molecule has 11 heavy (non-hydrogen) atoms. The van der Waals surface area contributed by atoms with E-state index in [1.165, 1.54) is 19.3 Å². The molecule has 1 heteroatoms. The van der Waals surface area contributed by atoms with Gasteiger partial charge in [0.1, 0.15) is 0 Å². The van der Waals surface area contributed by atoms with Crippen LogP contribution in [0.1, 0.15) is 39.5 Å². The van der Waals surface area contributed by atoms with Gasteiger partial charge in [0.2, 0.25) is 0 Å². The van der Waals surface area contributed by atoms with Crippen molar-refractivity contribution in [3.63, 3.8) is 0 Å². The average Bonchev–Trinajstić information content (AvgIpc) is 2.05. The Morgan fingerprint density at radius 2 is 2.18 bits per heavy atom. The lowest BCUT2D eigenvalue weighted by atomic mass is 9.99. The minimum atomic E-state index is 0.620. The van der Waals surface area contributed by atoms with Crippen molar-refractivity contribution in [2.75, 3.05) is 0 Å². The second-order valence-electron chi connectivity index (χ2n) is 2.80. The first kappa shape index (κ1) is 10.2. The Morgan fingerprint density at radius 1 is 1.45 bits per heavy atom. The molecule has 0 aromatic carbocycles. The summed E-state index contributed by atoms with van der Waals surface area (Å²) >= 11 is 0. The largest absolute Gasteiger partial charge is 0.193 e. The van der Waals surface area contributed by atoms with Crippen LogP contribution in [0, 0.1) is 17.2 Å². The van der Waals surface area contributed by atoms with Gasteiger partial charge in [-0.05, 0) is 18.8 Å². The van der Waals surface area contributed by atoms with E-state index in [9.17, 15) is 0 Å². The summed E-state index contributed by atoms with van der Waals surface area (Å²) < 4.78 is 0. The fraction of sp³-hybridized carbons (Fsp3) is 0.700. The van der Waals surface area contributed by atoms with E-state index in [1.54, 1.807) is 6.08 Å². The summed E-state index contributed by atoms with van der Waals surface area (Å²) in [6.45, 7) is 4.36. The first-order valence-electron chi connectivity index (χ1n) is 4.41. The lowest BCUT2D eigenvalue weighted by Crippen LogP contribution is -1.93. The molecule has 0 aliphatic rings. The highest BCUT2D eigenvalue weighted by molar-refractivity contribution is 5.03. The third-order valence-electron chi connectivity index (χ3n) is 1.90. The molecule has 0 aromatic rings. The van der Waals surface area contributed by atoms with Gasteiger partial charge in [-0.15, -0.1) is 0 Å². The van der Waals surface area contributed by atoms with Crippen LogP contribution in [-0.4, -0.2) is 0 Å². The van der Waals surface area contributed by atoms with Crippen LogP contribution in [0.15, 0.2) is 12.2 Å². The van der Waals surface area contributed by atoms with Crippen molar-refractivity contribution < 1.29 is 0 Å². The summed E-state index contributed by atoms with van der Waals surface area (Å²) in [6.07, 6.45) is 8.52. The molecule has 0 saturated carbocycles. The third-order valence-corrected chi connectivity index (χ3v) is 1.90. The van der Waals surface area contributed by atoms with Gasteiger partial charge in [-0.2, -0.15) is 5.26 Å². The van der Waals surface area contributed by atoms with Crippen LogP contribution in [0.4, 0.5) is 0 Å². The maximum atomic E-state index is 8.30. The molecule has 0 rings (SSSR count). The molecule has 0 N–H and O–H groups in total. The van der Waals surface area contributed by atoms with Crippen molar-refractivity contribution in [1.82, 2.24) is 0 Å². The molecule has 0 radical (unpaired) electrons. The molecule has 0 spiro atoms. The van der Waals surface area contributed by atoms with E-state index in [1.807, 2.05) is 12.1 Å². The van der Waals surface area contributed by atoms with Crippen LogP contribution in [-0.2, 0) is 0 Å². The Hall–Kier alpha value is -0.770. The zero-order valence-corrected chi connectivity index (χ0v) is 7.51. The van der Waals surface area contributed by atoms with E-state index in [0.29, 0.717) is 5.92 Å². The van der Waals surface area contributed by atoms with E-state index in [2.05, 4.69) is 13.8 Å². The third kappa shape index (κ3) is 5.66. The highest BCUT2D eigenvalue weighted by Crippen LogP contribution is 2.13. The Bertz CT molecular complexity index is 141. The Morgan fingerprint density at radius 3 is 2.64 bits per heavy atom. The summed E-state index contributed by atoms with van der Waals surface area (Å²) in [5, 5.41) is 8.30. The highest BCUT2D eigenvalue weighted by atomic mass is 14.2. The molecule has 0 heterocycles. The summed E-state index contributed by atoms with van der Waals surface area (Å²) in [6, 6.07) is 2.03. The molecule has 1 nitrogen and oxygen atoms in total. The first-order valence-corrected chi connectivity index (χ1v) is 4.41. The lowest BCUT2D eigenvalue weighted by Gasteiger charge is -2.06. The molecule has 62 valence electrons. The monoisotopic (exact) mass is 151 g/mol. The molecule has 1 unspecified atom stereocenters. The first-order chi connectivity index (χ1) is 5.35. The normalized spacial score (nSPS) is 13.2. The highest BCUT2D eigenvalue weighted by Gasteiger charge is 1.99. The SMILES string of the molecule is CCCCC(C=CC#N)CC. The minimum Gasteiger partial charge on any atom is -0.193 e. The van der Waals surface area contributed by atoms with Gasteiger partial charge >= 0.3 is 0 Å². The molecule has 0 saturated heterocycles. The van der Waals surface area contributed by atoms with Gasteiger partial charge in [0.15, 0.2) is 0 Å². The molecule has 0 aliphatic carbocycles. The number of nitriles is 1. The van der Waals surface area contributed by atoms with Gasteiger partial charge in [-0.25, -0.2) is 0 Å². The second-order valence-corrected chi connectivity index (χ2v) is 2.80. The molecule has 0 aliphatic heterocycles. The quantitative estimate of drug-likeness (QED) is 0.553. The van der Waals surface area contributed by atoms with Crippen molar-refractivity contribution in [1.29, 1.82) is 5.26 Å². The summed E-state index contributed by atoms with van der Waals surface area (Å²) in [5.74, 6) is 0.620. The van der Waals surface area contributed by atoms with Crippen LogP contribution >= 0.6 is 0 Å². The van der Waals surface area contributed by atoms with Crippen LogP contribution in [0.2, 0.25) is 0 Å². The topological polar surface area (TPSA) is 23.8 Å². The predicted molar refractivity (Wildman–Crippen MR) is 48.1 cm³/mol. The number of allylic oxidation sites excluding steroid dienone is 2. The van der Waals surface area contributed by atoms with E-state index >= 15 is 0 Å². The Labute approximate surface area is 69.7 Å². The van der Waals surface area contributed by atoms with Crippen LogP contribution in [0.25, 0.3) is 0 Å². The van der Waals surface area contributed by atoms with E-state index in [-0.39, 0.29) is 0 Å². The molecule has 1 atom stereocenters. The summed E-state index contributed by atoms with van der Waals surface area (Å²) in [5.41, 5.74) is 0.